The van der Waals surface area contributed by atoms with Crippen molar-refractivity contribution < 1.29 is 4.79 Å². The number of nitrogens with zero attached hydrogens (tertiary/aromatic N) is 1. The first-order chi connectivity index (χ1) is 12.7. The first-order valence-electron chi connectivity index (χ1n) is 10.3. The van der Waals surface area contributed by atoms with E-state index in [0.717, 1.165) is 37.0 Å². The standard InChI is InChI=1S/C22H31N3O/c1-16(14-18-15-24-20-8-4-3-7-19(18)20)22(26)23-11-13-25-12-10-17-6-2-5-9-21(17)25/h3-4,7-8,15-17,21,24H,2,5-6,9-14H2,1H3,(H,23,26). The Morgan fingerprint density at radius 1 is 1.27 bits per heavy atom. The zero-order valence-corrected chi connectivity index (χ0v) is 15.8. The summed E-state index contributed by atoms with van der Waals surface area (Å²) in [5, 5.41) is 4.40. The lowest BCUT2D eigenvalue weighted by molar-refractivity contribution is -0.124. The molecule has 2 N–H and O–H groups in total. The maximum absolute atomic E-state index is 12.5. The van der Waals surface area contributed by atoms with Crippen LogP contribution < -0.4 is 5.32 Å². The van der Waals surface area contributed by atoms with Crippen LogP contribution in [0.15, 0.2) is 30.5 Å². The van der Waals surface area contributed by atoms with Gasteiger partial charge in [-0.05, 0) is 49.8 Å². The Hall–Kier alpha value is -1.81. The smallest absolute Gasteiger partial charge is 0.223 e. The Bertz CT molecular complexity index is 753. The third kappa shape index (κ3) is 3.66. The van der Waals surface area contributed by atoms with E-state index >= 15 is 0 Å². The van der Waals surface area contributed by atoms with Gasteiger partial charge in [0.05, 0.1) is 0 Å². The molecule has 1 saturated carbocycles. The summed E-state index contributed by atoms with van der Waals surface area (Å²) < 4.78 is 0. The number of aromatic nitrogens is 1. The maximum Gasteiger partial charge on any atom is 0.223 e. The van der Waals surface area contributed by atoms with Crippen molar-refractivity contribution in [2.75, 3.05) is 19.6 Å². The molecule has 3 unspecified atom stereocenters. The van der Waals surface area contributed by atoms with Crippen LogP contribution in [0, 0.1) is 11.8 Å². The minimum Gasteiger partial charge on any atom is -0.361 e. The minimum absolute atomic E-state index is 0.00443. The summed E-state index contributed by atoms with van der Waals surface area (Å²) in [4.78, 5) is 18.4. The molecule has 2 aromatic rings. The Morgan fingerprint density at radius 3 is 3.04 bits per heavy atom. The lowest BCUT2D eigenvalue weighted by Crippen LogP contribution is -2.41. The number of carbonyl (C=O) groups is 1. The molecule has 4 nitrogen and oxygen atoms in total. The highest BCUT2D eigenvalue weighted by Crippen LogP contribution is 2.35. The van der Waals surface area contributed by atoms with Gasteiger partial charge >= 0.3 is 0 Å². The van der Waals surface area contributed by atoms with Gasteiger partial charge in [-0.15, -0.1) is 0 Å². The van der Waals surface area contributed by atoms with E-state index in [4.69, 9.17) is 0 Å². The van der Waals surface area contributed by atoms with Crippen molar-refractivity contribution in [3.63, 3.8) is 0 Å². The zero-order chi connectivity index (χ0) is 17.9. The summed E-state index contributed by atoms with van der Waals surface area (Å²) in [6.07, 6.45) is 9.75. The quantitative estimate of drug-likeness (QED) is 0.831. The molecular weight excluding hydrogens is 322 g/mol. The van der Waals surface area contributed by atoms with E-state index in [9.17, 15) is 4.79 Å². The molecule has 2 fully saturated rings. The lowest BCUT2D eigenvalue weighted by Gasteiger charge is -2.31. The molecule has 1 aliphatic heterocycles. The van der Waals surface area contributed by atoms with Crippen LogP contribution in [-0.4, -0.2) is 41.5 Å². The second-order valence-corrected chi connectivity index (χ2v) is 8.19. The fourth-order valence-corrected chi connectivity index (χ4v) is 5.00. The molecule has 140 valence electrons. The van der Waals surface area contributed by atoms with Crippen molar-refractivity contribution >= 4 is 16.8 Å². The Balaban J connectivity index is 1.25. The molecule has 4 rings (SSSR count). The van der Waals surface area contributed by atoms with Gasteiger partial charge in [0.2, 0.25) is 5.91 Å². The summed E-state index contributed by atoms with van der Waals surface area (Å²) in [7, 11) is 0. The topological polar surface area (TPSA) is 48.1 Å². The largest absolute Gasteiger partial charge is 0.361 e. The van der Waals surface area contributed by atoms with E-state index in [2.05, 4.69) is 33.4 Å². The second-order valence-electron chi connectivity index (χ2n) is 8.19. The molecule has 0 spiro atoms. The Labute approximate surface area is 156 Å². The third-order valence-corrected chi connectivity index (χ3v) is 6.47. The Morgan fingerprint density at radius 2 is 2.12 bits per heavy atom. The molecule has 26 heavy (non-hydrogen) atoms. The molecule has 1 aromatic carbocycles. The molecule has 2 aliphatic rings. The second kappa shape index (κ2) is 7.83. The SMILES string of the molecule is CC(Cc1c[nH]c2ccccc12)C(=O)NCCN1CCC2CCCCC21. The van der Waals surface area contributed by atoms with E-state index in [-0.39, 0.29) is 11.8 Å². The highest BCUT2D eigenvalue weighted by Gasteiger charge is 2.35. The van der Waals surface area contributed by atoms with Crippen molar-refractivity contribution in [3.05, 3.63) is 36.0 Å². The number of benzene rings is 1. The first-order valence-corrected chi connectivity index (χ1v) is 10.3. The van der Waals surface area contributed by atoms with E-state index in [0.29, 0.717) is 0 Å². The number of likely N-dealkylation sites (tertiary alicyclic amines) is 1. The molecule has 4 heteroatoms. The van der Waals surface area contributed by atoms with Crippen LogP contribution in [0.25, 0.3) is 10.9 Å². The number of fused-ring (bicyclic) bond motifs is 2. The molecule has 1 saturated heterocycles. The van der Waals surface area contributed by atoms with Crippen LogP contribution in [0.5, 0.6) is 0 Å². The predicted octanol–water partition coefficient (Wildman–Crippen LogP) is 3.73. The zero-order valence-electron chi connectivity index (χ0n) is 15.8. The molecule has 1 amide bonds. The molecule has 2 heterocycles. The van der Waals surface area contributed by atoms with Crippen molar-refractivity contribution in [1.82, 2.24) is 15.2 Å². The van der Waals surface area contributed by atoms with Gasteiger partial charge in [-0.25, -0.2) is 0 Å². The van der Waals surface area contributed by atoms with E-state index in [1.165, 1.54) is 49.6 Å². The molecule has 0 bridgehead atoms. The van der Waals surface area contributed by atoms with E-state index in [1.807, 2.05) is 19.2 Å². The van der Waals surface area contributed by atoms with Gasteiger partial charge in [0.15, 0.2) is 0 Å². The molecule has 1 aromatic heterocycles. The number of nitrogens with one attached hydrogen (secondary N) is 2. The van der Waals surface area contributed by atoms with Gasteiger partial charge in [0.25, 0.3) is 0 Å². The number of H-pyrrole nitrogens is 1. The third-order valence-electron chi connectivity index (χ3n) is 6.47. The van der Waals surface area contributed by atoms with Crippen LogP contribution in [0.2, 0.25) is 0 Å². The van der Waals surface area contributed by atoms with Crippen LogP contribution in [0.4, 0.5) is 0 Å². The summed E-state index contributed by atoms with van der Waals surface area (Å²) in [5.74, 6) is 1.09. The fraction of sp³-hybridized carbons (Fsp3) is 0.591. The van der Waals surface area contributed by atoms with E-state index in [1.54, 1.807) is 0 Å². The number of aromatic amines is 1. The lowest BCUT2D eigenvalue weighted by atomic mass is 9.85. The van der Waals surface area contributed by atoms with Crippen molar-refractivity contribution in [2.45, 2.75) is 51.5 Å². The van der Waals surface area contributed by atoms with Gasteiger partial charge in [0.1, 0.15) is 0 Å². The molecule has 3 atom stereocenters. The average Bonchev–Trinajstić information content (AvgIpc) is 3.26. The van der Waals surface area contributed by atoms with Gasteiger partial charge in [-0.1, -0.05) is 38.0 Å². The Kier molecular flexibility index (Phi) is 5.30. The van der Waals surface area contributed by atoms with Gasteiger partial charge in [-0.2, -0.15) is 0 Å². The molecular formula is C22H31N3O. The highest BCUT2D eigenvalue weighted by atomic mass is 16.1. The van der Waals surface area contributed by atoms with E-state index < -0.39 is 0 Å². The number of amides is 1. The molecule has 0 radical (unpaired) electrons. The number of para-hydroxylation sites is 1. The normalized spacial score (nSPS) is 24.5. The number of carbonyl (C=O) groups excluding carboxylic acids is 1. The summed E-state index contributed by atoms with van der Waals surface area (Å²) in [6.45, 7) is 5.03. The summed E-state index contributed by atoms with van der Waals surface area (Å²) in [6, 6.07) is 9.08. The first kappa shape index (κ1) is 17.6. The van der Waals surface area contributed by atoms with Crippen LogP contribution in [0.3, 0.4) is 0 Å². The maximum atomic E-state index is 12.5. The molecule has 1 aliphatic carbocycles. The monoisotopic (exact) mass is 353 g/mol. The number of hydrogen-bond donors (Lipinski definition) is 2. The minimum atomic E-state index is -0.00443. The highest BCUT2D eigenvalue weighted by molar-refractivity contribution is 5.84. The van der Waals surface area contributed by atoms with Crippen LogP contribution >= 0.6 is 0 Å². The van der Waals surface area contributed by atoms with Gasteiger partial charge < -0.3 is 10.3 Å². The predicted molar refractivity (Wildman–Crippen MR) is 106 cm³/mol. The fourth-order valence-electron chi connectivity index (χ4n) is 5.00. The van der Waals surface area contributed by atoms with Gasteiger partial charge in [0, 0.05) is 42.1 Å². The summed E-state index contributed by atoms with van der Waals surface area (Å²) in [5.41, 5.74) is 2.37. The summed E-state index contributed by atoms with van der Waals surface area (Å²) >= 11 is 0. The van der Waals surface area contributed by atoms with Crippen LogP contribution in [0.1, 0.15) is 44.6 Å². The van der Waals surface area contributed by atoms with Gasteiger partial charge in [-0.3, -0.25) is 9.69 Å². The van der Waals surface area contributed by atoms with Crippen molar-refractivity contribution in [1.29, 1.82) is 0 Å². The number of rotatable bonds is 6. The van der Waals surface area contributed by atoms with Crippen molar-refractivity contribution in [3.8, 4) is 0 Å². The number of hydrogen-bond acceptors (Lipinski definition) is 2. The average molecular weight is 354 g/mol. The van der Waals surface area contributed by atoms with Crippen molar-refractivity contribution in [2.24, 2.45) is 11.8 Å². The van der Waals surface area contributed by atoms with Crippen LogP contribution in [-0.2, 0) is 11.2 Å².